The molecule has 0 radical (unpaired) electrons. The highest BCUT2D eigenvalue weighted by Gasteiger charge is 2.42. The monoisotopic (exact) mass is 604 g/mol. The van der Waals surface area contributed by atoms with Crippen LogP contribution in [0.1, 0.15) is 0 Å². The van der Waals surface area contributed by atoms with Crippen LogP contribution in [0.2, 0.25) is 0 Å². The maximum Gasteiger partial charge on any atom is 0.260 e. The van der Waals surface area contributed by atoms with Crippen molar-refractivity contribution in [2.24, 2.45) is 0 Å². The predicted molar refractivity (Wildman–Crippen MR) is 193 cm³/mol. The molecule has 0 bridgehead atoms. The zero-order valence-corrected chi connectivity index (χ0v) is 26.1. The molecule has 4 heteroatoms. The van der Waals surface area contributed by atoms with E-state index in [2.05, 4.69) is 164 Å². The van der Waals surface area contributed by atoms with E-state index in [1.54, 1.807) is 0 Å². The van der Waals surface area contributed by atoms with Crippen LogP contribution in [0.15, 0.2) is 176 Å². The van der Waals surface area contributed by atoms with Crippen LogP contribution in [0.25, 0.3) is 11.1 Å². The lowest BCUT2D eigenvalue weighted by Gasteiger charge is -2.35. The van der Waals surface area contributed by atoms with Gasteiger partial charge in [-0.05, 0) is 67.1 Å². The fraction of sp³-hybridized carbons (Fsp3) is 0. The lowest BCUT2D eigenvalue weighted by Crippen LogP contribution is -2.74. The van der Waals surface area contributed by atoms with Crippen molar-refractivity contribution < 1.29 is 9.47 Å². The van der Waals surface area contributed by atoms with Crippen LogP contribution >= 0.6 is 0 Å². The van der Waals surface area contributed by atoms with Crippen LogP contribution in [0.5, 0.6) is 23.0 Å². The van der Waals surface area contributed by atoms with Crippen LogP contribution < -0.4 is 46.6 Å². The van der Waals surface area contributed by atoms with Gasteiger partial charge in [0.2, 0.25) is 0 Å². The van der Waals surface area contributed by atoms with E-state index >= 15 is 0 Å². The van der Waals surface area contributed by atoms with E-state index in [0.717, 1.165) is 39.6 Å². The third kappa shape index (κ3) is 4.11. The van der Waals surface area contributed by atoms with Crippen LogP contribution in [-0.4, -0.2) is 14.8 Å². The van der Waals surface area contributed by atoms with Gasteiger partial charge >= 0.3 is 0 Å². The van der Waals surface area contributed by atoms with E-state index in [9.17, 15) is 0 Å². The van der Waals surface area contributed by atoms with Gasteiger partial charge < -0.3 is 9.47 Å². The van der Waals surface area contributed by atoms with Crippen LogP contribution in [0.4, 0.5) is 0 Å². The maximum atomic E-state index is 6.64. The zero-order valence-electron chi connectivity index (χ0n) is 25.1. The van der Waals surface area contributed by atoms with E-state index < -0.39 is 8.07 Å². The summed E-state index contributed by atoms with van der Waals surface area (Å²) in [6.07, 6.45) is 0. The SMILES string of the molecule is c1ccc([Si](c2ccccc2)(c2ccccc2)c2cccc(-c3cc4c5c(c3)Oc3ccccc3B5c3ccccc3O4)c2)cc1. The molecule has 2 nitrogen and oxygen atoms in total. The Hall–Kier alpha value is -5.58. The molecule has 0 aliphatic carbocycles. The first-order valence-electron chi connectivity index (χ1n) is 15.8. The third-order valence-corrected chi connectivity index (χ3v) is 14.3. The minimum absolute atomic E-state index is 0.0644. The molecule has 7 aromatic rings. The first-order chi connectivity index (χ1) is 22.8. The first kappa shape index (κ1) is 26.8. The molecule has 0 spiro atoms. The number of rotatable bonds is 5. The zero-order chi connectivity index (χ0) is 30.5. The molecular weight excluding hydrogens is 575 g/mol. The van der Waals surface area contributed by atoms with Crippen molar-refractivity contribution in [3.8, 4) is 34.1 Å². The minimum Gasteiger partial charge on any atom is -0.458 e. The van der Waals surface area contributed by atoms with Gasteiger partial charge in [0.05, 0.1) is 0 Å². The van der Waals surface area contributed by atoms with Gasteiger partial charge in [-0.3, -0.25) is 0 Å². The molecule has 0 aromatic heterocycles. The van der Waals surface area contributed by atoms with Gasteiger partial charge in [0.1, 0.15) is 23.0 Å². The molecule has 0 amide bonds. The summed E-state index contributed by atoms with van der Waals surface area (Å²) in [6.45, 7) is 0.0644. The fourth-order valence-electron chi connectivity index (χ4n) is 7.56. The van der Waals surface area contributed by atoms with Crippen molar-refractivity contribution >= 4 is 51.9 Å². The third-order valence-electron chi connectivity index (χ3n) is 9.54. The van der Waals surface area contributed by atoms with Crippen LogP contribution in [0, 0.1) is 0 Å². The molecule has 0 unspecified atom stereocenters. The Morgan fingerprint density at radius 1 is 0.348 bits per heavy atom. The topological polar surface area (TPSA) is 18.5 Å². The summed E-state index contributed by atoms with van der Waals surface area (Å²) in [5.41, 5.74) is 5.65. The number of ether oxygens (including phenoxy) is 2. The molecule has 0 saturated carbocycles. The Kier molecular flexibility index (Phi) is 6.29. The van der Waals surface area contributed by atoms with Crippen molar-refractivity contribution in [2.45, 2.75) is 0 Å². The van der Waals surface area contributed by atoms with E-state index in [1.165, 1.54) is 31.7 Å². The lowest BCUT2D eigenvalue weighted by molar-refractivity contribution is 0.465. The van der Waals surface area contributed by atoms with Crippen molar-refractivity contribution in [1.29, 1.82) is 0 Å². The molecule has 9 rings (SSSR count). The van der Waals surface area contributed by atoms with E-state index in [-0.39, 0.29) is 6.71 Å². The standard InChI is InChI=1S/C42H29BO2Si/c1-4-16-32(17-5-1)46(33-18-6-2-7-19-33,34-20-8-3-9-21-34)35-22-14-15-30(27-35)31-28-40-42-41(29-31)45-39-26-13-11-24-37(39)43(42)36-23-10-12-25-38(36)44-40/h1-29H. The molecule has 46 heavy (non-hydrogen) atoms. The fourth-order valence-corrected chi connectivity index (χ4v) is 12.4. The molecule has 2 aliphatic rings. The summed E-state index contributed by atoms with van der Waals surface area (Å²) in [5, 5.41) is 5.39. The second kappa shape index (κ2) is 10.8. The van der Waals surface area contributed by atoms with Gasteiger partial charge in [0, 0.05) is 5.46 Å². The van der Waals surface area contributed by atoms with Crippen molar-refractivity contribution in [3.05, 3.63) is 176 Å². The largest absolute Gasteiger partial charge is 0.458 e. The Morgan fingerprint density at radius 2 is 0.783 bits per heavy atom. The van der Waals surface area contributed by atoms with Crippen molar-refractivity contribution in [2.75, 3.05) is 0 Å². The Balaban J connectivity index is 1.26. The van der Waals surface area contributed by atoms with Crippen molar-refractivity contribution in [1.82, 2.24) is 0 Å². The first-order valence-corrected chi connectivity index (χ1v) is 17.8. The molecule has 2 aliphatic heterocycles. The average molecular weight is 605 g/mol. The van der Waals surface area contributed by atoms with Crippen molar-refractivity contribution in [3.63, 3.8) is 0 Å². The van der Waals surface area contributed by atoms with Gasteiger partial charge in [0.15, 0.2) is 8.07 Å². The number of hydrogen-bond donors (Lipinski definition) is 0. The Bertz CT molecular complexity index is 2050. The highest BCUT2D eigenvalue weighted by molar-refractivity contribution is 7.19. The molecule has 2 heterocycles. The average Bonchev–Trinajstić information content (AvgIpc) is 3.13. The molecule has 0 fully saturated rings. The summed E-state index contributed by atoms with van der Waals surface area (Å²) in [5.74, 6) is 3.51. The Morgan fingerprint density at radius 3 is 1.28 bits per heavy atom. The molecule has 0 saturated heterocycles. The van der Waals surface area contributed by atoms with Gasteiger partial charge in [-0.2, -0.15) is 0 Å². The smallest absolute Gasteiger partial charge is 0.260 e. The number of hydrogen-bond acceptors (Lipinski definition) is 2. The number of benzene rings is 7. The summed E-state index contributed by atoms with van der Waals surface area (Å²) in [7, 11) is -2.67. The molecule has 0 atom stereocenters. The highest BCUT2D eigenvalue weighted by Crippen LogP contribution is 2.38. The predicted octanol–water partition coefficient (Wildman–Crippen LogP) is 5.46. The summed E-state index contributed by atoms with van der Waals surface area (Å²) < 4.78 is 13.3. The second-order valence-corrected chi connectivity index (χ2v) is 15.8. The summed E-state index contributed by atoms with van der Waals surface area (Å²) in [4.78, 5) is 0. The van der Waals surface area contributed by atoms with E-state index in [1.807, 2.05) is 12.1 Å². The van der Waals surface area contributed by atoms with Gasteiger partial charge in [0.25, 0.3) is 6.71 Å². The molecular formula is C42H29BO2Si. The van der Waals surface area contributed by atoms with E-state index in [0.29, 0.717) is 0 Å². The lowest BCUT2D eigenvalue weighted by atomic mass is 9.35. The highest BCUT2D eigenvalue weighted by atomic mass is 28.3. The second-order valence-electron chi connectivity index (χ2n) is 12.0. The Labute approximate surface area is 270 Å². The quantitative estimate of drug-likeness (QED) is 0.192. The molecule has 7 aromatic carbocycles. The minimum atomic E-state index is -2.67. The van der Waals surface area contributed by atoms with Crippen LogP contribution in [0.3, 0.4) is 0 Å². The summed E-state index contributed by atoms with van der Waals surface area (Å²) in [6, 6.07) is 63.5. The summed E-state index contributed by atoms with van der Waals surface area (Å²) >= 11 is 0. The molecule has 216 valence electrons. The normalized spacial score (nSPS) is 12.7. The van der Waals surface area contributed by atoms with E-state index in [4.69, 9.17) is 9.47 Å². The number of fused-ring (bicyclic) bond motifs is 4. The number of para-hydroxylation sites is 2. The van der Waals surface area contributed by atoms with Gasteiger partial charge in [-0.25, -0.2) is 0 Å². The molecule has 0 N–H and O–H groups in total. The van der Waals surface area contributed by atoms with Gasteiger partial charge in [-0.1, -0.05) is 152 Å². The van der Waals surface area contributed by atoms with Gasteiger partial charge in [-0.15, -0.1) is 0 Å². The van der Waals surface area contributed by atoms with Crippen LogP contribution in [-0.2, 0) is 0 Å². The maximum absolute atomic E-state index is 6.64.